The number of carbonyl (C=O) groups is 3. The van der Waals surface area contributed by atoms with Gasteiger partial charge in [-0.2, -0.15) is 0 Å². The summed E-state index contributed by atoms with van der Waals surface area (Å²) in [6.07, 6.45) is 0.152. The van der Waals surface area contributed by atoms with Crippen molar-refractivity contribution in [3.8, 4) is 0 Å². The lowest BCUT2D eigenvalue weighted by Gasteiger charge is -2.14. The molecule has 0 spiro atoms. The molecule has 3 N–H and O–H groups in total. The van der Waals surface area contributed by atoms with Crippen LogP contribution in [0, 0.1) is 0 Å². The number of amides is 1. The highest BCUT2D eigenvalue weighted by atomic mass is 16.4. The molecule has 6 heteroatoms. The van der Waals surface area contributed by atoms with Crippen LogP contribution in [-0.2, 0) is 9.59 Å². The van der Waals surface area contributed by atoms with Crippen LogP contribution in [0.4, 0.5) is 0 Å². The number of rotatable bonds is 8. The van der Waals surface area contributed by atoms with Crippen molar-refractivity contribution in [2.45, 2.75) is 45.1 Å². The third kappa shape index (κ3) is 5.55. The van der Waals surface area contributed by atoms with Crippen molar-refractivity contribution in [3.05, 3.63) is 35.4 Å². The first-order valence-corrected chi connectivity index (χ1v) is 7.16. The molecule has 0 aromatic heterocycles. The maximum Gasteiger partial charge on any atom is 0.326 e. The van der Waals surface area contributed by atoms with E-state index in [9.17, 15) is 14.4 Å². The van der Waals surface area contributed by atoms with Crippen molar-refractivity contribution in [2.24, 2.45) is 0 Å². The van der Waals surface area contributed by atoms with Gasteiger partial charge < -0.3 is 15.5 Å². The predicted molar refractivity (Wildman–Crippen MR) is 80.9 cm³/mol. The van der Waals surface area contributed by atoms with E-state index in [-0.39, 0.29) is 19.3 Å². The Morgan fingerprint density at radius 3 is 2.14 bits per heavy atom. The van der Waals surface area contributed by atoms with Crippen LogP contribution < -0.4 is 5.32 Å². The van der Waals surface area contributed by atoms with Crippen molar-refractivity contribution < 1.29 is 24.6 Å². The fourth-order valence-electron chi connectivity index (χ4n) is 1.98. The number of aliphatic carboxylic acids is 2. The number of carbonyl (C=O) groups excluding carboxylic acids is 1. The standard InChI is InChI=1S/C16H21NO5/c1-10(2)11-6-8-12(9-7-11)15(20)17-13(16(21)22)4-3-5-14(18)19/h6-10,13H,3-5H2,1-2H3,(H,17,20)(H,18,19)(H,21,22). The first kappa shape index (κ1) is 17.7. The maximum absolute atomic E-state index is 12.0. The molecule has 0 fully saturated rings. The van der Waals surface area contributed by atoms with Crippen molar-refractivity contribution in [3.63, 3.8) is 0 Å². The van der Waals surface area contributed by atoms with Crippen LogP contribution in [0.5, 0.6) is 0 Å². The summed E-state index contributed by atoms with van der Waals surface area (Å²) in [6.45, 7) is 4.08. The number of hydrogen-bond acceptors (Lipinski definition) is 3. The summed E-state index contributed by atoms with van der Waals surface area (Å²) in [5.41, 5.74) is 1.47. The summed E-state index contributed by atoms with van der Waals surface area (Å²) in [5.74, 6) is -2.28. The van der Waals surface area contributed by atoms with Crippen LogP contribution in [0.2, 0.25) is 0 Å². The highest BCUT2D eigenvalue weighted by Gasteiger charge is 2.20. The first-order valence-electron chi connectivity index (χ1n) is 7.16. The molecule has 1 aromatic carbocycles. The number of benzene rings is 1. The SMILES string of the molecule is CC(C)c1ccc(C(=O)NC(CCCC(=O)O)C(=O)O)cc1. The minimum absolute atomic E-state index is 0.0808. The third-order valence-electron chi connectivity index (χ3n) is 3.33. The van der Waals surface area contributed by atoms with Gasteiger partial charge in [0, 0.05) is 12.0 Å². The Morgan fingerprint density at radius 1 is 1.09 bits per heavy atom. The second-order valence-corrected chi connectivity index (χ2v) is 5.43. The van der Waals surface area contributed by atoms with Gasteiger partial charge in [0.15, 0.2) is 0 Å². The Morgan fingerprint density at radius 2 is 1.68 bits per heavy atom. The summed E-state index contributed by atoms with van der Waals surface area (Å²) in [4.78, 5) is 33.6. The van der Waals surface area contributed by atoms with Gasteiger partial charge in [0.2, 0.25) is 0 Å². The lowest BCUT2D eigenvalue weighted by molar-refractivity contribution is -0.140. The van der Waals surface area contributed by atoms with Gasteiger partial charge in [0.1, 0.15) is 6.04 Å². The second-order valence-electron chi connectivity index (χ2n) is 5.43. The predicted octanol–water partition coefficient (Wildman–Crippen LogP) is 2.25. The molecule has 6 nitrogen and oxygen atoms in total. The van der Waals surface area contributed by atoms with E-state index in [0.29, 0.717) is 11.5 Å². The van der Waals surface area contributed by atoms with Gasteiger partial charge in [0.05, 0.1) is 0 Å². The molecule has 120 valence electrons. The molecule has 1 rings (SSSR count). The average Bonchev–Trinajstić information content (AvgIpc) is 2.45. The van der Waals surface area contributed by atoms with Crippen molar-refractivity contribution >= 4 is 17.8 Å². The van der Waals surface area contributed by atoms with Crippen molar-refractivity contribution in [1.82, 2.24) is 5.32 Å². The molecule has 0 saturated carbocycles. The van der Waals surface area contributed by atoms with E-state index in [0.717, 1.165) is 5.56 Å². The van der Waals surface area contributed by atoms with E-state index in [1.165, 1.54) is 0 Å². The number of nitrogens with one attached hydrogen (secondary N) is 1. The second kappa shape index (κ2) is 8.17. The first-order chi connectivity index (χ1) is 10.3. The van der Waals surface area contributed by atoms with Gasteiger partial charge in [-0.25, -0.2) is 4.79 Å². The van der Waals surface area contributed by atoms with Crippen LogP contribution in [-0.4, -0.2) is 34.1 Å². The van der Waals surface area contributed by atoms with Gasteiger partial charge >= 0.3 is 11.9 Å². The number of carboxylic acids is 2. The molecule has 1 unspecified atom stereocenters. The summed E-state index contributed by atoms with van der Waals surface area (Å²) >= 11 is 0. The fraction of sp³-hybridized carbons (Fsp3) is 0.438. The summed E-state index contributed by atoms with van der Waals surface area (Å²) in [6, 6.07) is 5.89. The molecule has 0 bridgehead atoms. The molecule has 0 radical (unpaired) electrons. The molecule has 1 atom stereocenters. The molecule has 0 aliphatic heterocycles. The fourth-order valence-corrected chi connectivity index (χ4v) is 1.98. The van der Waals surface area contributed by atoms with Gasteiger partial charge in [-0.1, -0.05) is 26.0 Å². The van der Waals surface area contributed by atoms with Gasteiger partial charge in [-0.15, -0.1) is 0 Å². The van der Waals surface area contributed by atoms with Crippen LogP contribution in [0.15, 0.2) is 24.3 Å². The van der Waals surface area contributed by atoms with E-state index < -0.39 is 23.9 Å². The summed E-state index contributed by atoms with van der Waals surface area (Å²) in [5, 5.41) is 20.1. The summed E-state index contributed by atoms with van der Waals surface area (Å²) in [7, 11) is 0. The Kier molecular flexibility index (Phi) is 6.56. The third-order valence-corrected chi connectivity index (χ3v) is 3.33. The molecular formula is C16H21NO5. The normalized spacial score (nSPS) is 12.0. The minimum Gasteiger partial charge on any atom is -0.481 e. The van der Waals surface area contributed by atoms with Gasteiger partial charge in [-0.3, -0.25) is 9.59 Å². The number of carboxylic acid groups (broad SMARTS) is 2. The Bertz CT molecular complexity index is 536. The van der Waals surface area contributed by atoms with Gasteiger partial charge in [0.25, 0.3) is 5.91 Å². The molecule has 0 aliphatic rings. The van der Waals surface area contributed by atoms with E-state index in [1.807, 2.05) is 26.0 Å². The van der Waals surface area contributed by atoms with Gasteiger partial charge in [-0.05, 0) is 36.5 Å². The molecule has 1 aromatic rings. The largest absolute Gasteiger partial charge is 0.481 e. The smallest absolute Gasteiger partial charge is 0.326 e. The monoisotopic (exact) mass is 307 g/mol. The van der Waals surface area contributed by atoms with Crippen LogP contribution in [0.25, 0.3) is 0 Å². The topological polar surface area (TPSA) is 104 Å². The van der Waals surface area contributed by atoms with Crippen LogP contribution in [0.3, 0.4) is 0 Å². The van der Waals surface area contributed by atoms with Crippen molar-refractivity contribution in [2.75, 3.05) is 0 Å². The molecule has 1 amide bonds. The summed E-state index contributed by atoms with van der Waals surface area (Å²) < 4.78 is 0. The zero-order chi connectivity index (χ0) is 16.7. The van der Waals surface area contributed by atoms with E-state index in [4.69, 9.17) is 10.2 Å². The van der Waals surface area contributed by atoms with Crippen LogP contribution >= 0.6 is 0 Å². The van der Waals surface area contributed by atoms with E-state index >= 15 is 0 Å². The zero-order valence-electron chi connectivity index (χ0n) is 12.7. The lowest BCUT2D eigenvalue weighted by atomic mass is 10.0. The highest BCUT2D eigenvalue weighted by Crippen LogP contribution is 2.15. The highest BCUT2D eigenvalue weighted by molar-refractivity contribution is 5.96. The zero-order valence-corrected chi connectivity index (χ0v) is 12.7. The lowest BCUT2D eigenvalue weighted by Crippen LogP contribution is -2.40. The Hall–Kier alpha value is -2.37. The number of hydrogen-bond donors (Lipinski definition) is 3. The minimum atomic E-state index is -1.17. The quantitative estimate of drug-likeness (QED) is 0.683. The van der Waals surface area contributed by atoms with E-state index in [1.54, 1.807) is 12.1 Å². The molecule has 22 heavy (non-hydrogen) atoms. The average molecular weight is 307 g/mol. The molecule has 0 aliphatic carbocycles. The van der Waals surface area contributed by atoms with Crippen LogP contribution in [0.1, 0.15) is 54.9 Å². The Balaban J connectivity index is 2.66. The molecule has 0 saturated heterocycles. The molecule has 0 heterocycles. The van der Waals surface area contributed by atoms with Crippen molar-refractivity contribution in [1.29, 1.82) is 0 Å². The van der Waals surface area contributed by atoms with E-state index in [2.05, 4.69) is 5.32 Å². The molecular weight excluding hydrogens is 286 g/mol. The Labute approximate surface area is 129 Å². The maximum atomic E-state index is 12.0.